The van der Waals surface area contributed by atoms with Crippen LogP contribution in [0.25, 0.3) is 17.2 Å². The van der Waals surface area contributed by atoms with Gasteiger partial charge in [-0.1, -0.05) is 70.5 Å². The largest absolute Gasteiger partial charge is 0.460 e. The highest BCUT2D eigenvalue weighted by Crippen LogP contribution is 2.26. The molecule has 34 heavy (non-hydrogen) atoms. The second kappa shape index (κ2) is 10.0. The molecule has 2 aromatic heterocycles. The maximum Gasteiger partial charge on any atom is 0.270 e. The number of rotatable bonds is 6. The van der Waals surface area contributed by atoms with Gasteiger partial charge >= 0.3 is 0 Å². The summed E-state index contributed by atoms with van der Waals surface area (Å²) in [5.74, 6) is 0.923. The van der Waals surface area contributed by atoms with Crippen LogP contribution >= 0.6 is 15.9 Å². The van der Waals surface area contributed by atoms with Gasteiger partial charge in [0.1, 0.15) is 11.5 Å². The van der Waals surface area contributed by atoms with Gasteiger partial charge in [0.25, 0.3) is 5.91 Å². The minimum atomic E-state index is 0.0700. The van der Waals surface area contributed by atoms with E-state index in [4.69, 9.17) is 4.42 Å². The molecular weight excluding hydrogens is 490 g/mol. The number of benzene rings is 2. The first-order valence-corrected chi connectivity index (χ1v) is 12.4. The molecule has 4 aromatic rings. The van der Waals surface area contributed by atoms with Crippen LogP contribution in [0.15, 0.2) is 81.7 Å². The second-order valence-corrected chi connectivity index (χ2v) is 9.67. The minimum absolute atomic E-state index is 0.0700. The number of amides is 1. The molecule has 0 radical (unpaired) electrons. The molecule has 3 heterocycles. The van der Waals surface area contributed by atoms with Gasteiger partial charge in [0, 0.05) is 55.9 Å². The molecule has 1 amide bonds. The number of hydrogen-bond acceptors (Lipinski definition) is 3. The van der Waals surface area contributed by atoms with Crippen molar-refractivity contribution in [1.29, 1.82) is 0 Å². The van der Waals surface area contributed by atoms with Gasteiger partial charge in [0.15, 0.2) is 5.58 Å². The first-order chi connectivity index (χ1) is 16.6. The van der Waals surface area contributed by atoms with Crippen LogP contribution < -0.4 is 0 Å². The summed E-state index contributed by atoms with van der Waals surface area (Å²) in [4.78, 5) is 17.9. The zero-order chi connectivity index (χ0) is 23.5. The zero-order valence-electron chi connectivity index (χ0n) is 19.3. The highest BCUT2D eigenvalue weighted by atomic mass is 79.9. The van der Waals surface area contributed by atoms with Crippen molar-refractivity contribution in [3.8, 4) is 0 Å². The fourth-order valence-corrected chi connectivity index (χ4v) is 4.75. The Morgan fingerprint density at radius 2 is 1.74 bits per heavy atom. The van der Waals surface area contributed by atoms with Gasteiger partial charge in [-0.3, -0.25) is 9.69 Å². The van der Waals surface area contributed by atoms with Crippen molar-refractivity contribution in [3.05, 3.63) is 99.9 Å². The van der Waals surface area contributed by atoms with E-state index in [9.17, 15) is 4.79 Å². The molecule has 0 bridgehead atoms. The molecule has 0 unspecified atom stereocenters. The van der Waals surface area contributed by atoms with E-state index in [1.54, 1.807) is 0 Å². The number of fused-ring (bicyclic) bond motifs is 1. The normalized spacial score (nSPS) is 14.9. The molecule has 1 fully saturated rings. The van der Waals surface area contributed by atoms with Crippen LogP contribution in [0, 0.1) is 6.92 Å². The highest BCUT2D eigenvalue weighted by Gasteiger charge is 2.26. The first-order valence-electron chi connectivity index (χ1n) is 11.6. The molecule has 1 aliphatic heterocycles. The van der Waals surface area contributed by atoms with Crippen LogP contribution in [-0.4, -0.2) is 53.0 Å². The highest BCUT2D eigenvalue weighted by molar-refractivity contribution is 9.10. The van der Waals surface area contributed by atoms with Crippen molar-refractivity contribution < 1.29 is 9.21 Å². The molecule has 0 atom stereocenters. The molecule has 0 spiro atoms. The average molecular weight is 518 g/mol. The number of nitrogens with zero attached hydrogens (tertiary/aromatic N) is 3. The Bertz CT molecular complexity index is 1300. The summed E-state index contributed by atoms with van der Waals surface area (Å²) in [5.41, 5.74) is 4.77. The fourth-order valence-electron chi connectivity index (χ4n) is 4.48. The smallest absolute Gasteiger partial charge is 0.270 e. The van der Waals surface area contributed by atoms with E-state index in [2.05, 4.69) is 73.9 Å². The lowest BCUT2D eigenvalue weighted by molar-refractivity contribution is 0.0640. The second-order valence-electron chi connectivity index (χ2n) is 8.75. The van der Waals surface area contributed by atoms with Crippen molar-refractivity contribution >= 4 is 39.0 Å². The number of halogens is 1. The number of aromatic nitrogens is 1. The topological polar surface area (TPSA) is 41.6 Å². The van der Waals surface area contributed by atoms with Crippen molar-refractivity contribution in [3.63, 3.8) is 0 Å². The van der Waals surface area contributed by atoms with Crippen LogP contribution in [0.2, 0.25) is 0 Å². The Hall–Kier alpha value is -3.09. The van der Waals surface area contributed by atoms with Crippen molar-refractivity contribution in [2.24, 2.45) is 0 Å². The summed E-state index contributed by atoms with van der Waals surface area (Å²) in [6.07, 6.45) is 4.36. The van der Waals surface area contributed by atoms with E-state index in [1.807, 2.05) is 42.2 Å². The Labute approximate surface area is 208 Å². The van der Waals surface area contributed by atoms with Crippen LogP contribution in [0.5, 0.6) is 0 Å². The number of piperazine rings is 1. The Morgan fingerprint density at radius 3 is 2.47 bits per heavy atom. The number of aryl methyl sites for hydroxylation is 1. The molecule has 0 N–H and O–H groups in total. The number of hydrogen-bond donors (Lipinski definition) is 0. The molecule has 1 aliphatic rings. The Balaban J connectivity index is 1.27. The molecule has 1 saturated heterocycles. The SMILES string of the molecule is Cc1cc2c(cc(C(=O)N3CCN(C/C=C/c4ccccc4)CC3)n2Cc2ccc(Br)cc2)o1. The van der Waals surface area contributed by atoms with Crippen LogP contribution in [0.3, 0.4) is 0 Å². The molecular formula is C28H28BrN3O2. The third-order valence-corrected chi connectivity index (χ3v) is 6.85. The third kappa shape index (κ3) is 5.03. The average Bonchev–Trinajstić information content (AvgIpc) is 3.38. The van der Waals surface area contributed by atoms with Crippen molar-refractivity contribution in [2.75, 3.05) is 32.7 Å². The lowest BCUT2D eigenvalue weighted by Gasteiger charge is -2.34. The van der Waals surface area contributed by atoms with E-state index in [-0.39, 0.29) is 5.91 Å². The summed E-state index contributed by atoms with van der Waals surface area (Å²) in [6, 6.07) is 22.5. The van der Waals surface area contributed by atoms with Gasteiger partial charge in [-0.05, 0) is 30.2 Å². The van der Waals surface area contributed by atoms with E-state index >= 15 is 0 Å². The summed E-state index contributed by atoms with van der Waals surface area (Å²) in [7, 11) is 0. The molecule has 2 aromatic carbocycles. The zero-order valence-corrected chi connectivity index (χ0v) is 20.9. The lowest BCUT2D eigenvalue weighted by atomic mass is 10.2. The third-order valence-electron chi connectivity index (χ3n) is 6.32. The molecule has 0 saturated carbocycles. The van der Waals surface area contributed by atoms with E-state index in [0.717, 1.165) is 59.6 Å². The maximum atomic E-state index is 13.5. The Morgan fingerprint density at radius 1 is 1.00 bits per heavy atom. The first kappa shape index (κ1) is 22.7. The maximum absolute atomic E-state index is 13.5. The van der Waals surface area contributed by atoms with Gasteiger partial charge in [-0.25, -0.2) is 0 Å². The predicted octanol–water partition coefficient (Wildman–Crippen LogP) is 5.82. The quantitative estimate of drug-likeness (QED) is 0.323. The van der Waals surface area contributed by atoms with Gasteiger partial charge in [0.05, 0.1) is 5.52 Å². The monoisotopic (exact) mass is 517 g/mol. The minimum Gasteiger partial charge on any atom is -0.460 e. The van der Waals surface area contributed by atoms with Crippen LogP contribution in [-0.2, 0) is 6.54 Å². The molecule has 0 aliphatic carbocycles. The predicted molar refractivity (Wildman–Crippen MR) is 140 cm³/mol. The summed E-state index contributed by atoms with van der Waals surface area (Å²) < 4.78 is 9.00. The summed E-state index contributed by atoms with van der Waals surface area (Å²) in [6.45, 7) is 6.64. The number of carbonyl (C=O) groups excluding carboxylic acids is 1. The van der Waals surface area contributed by atoms with E-state index in [1.165, 1.54) is 5.56 Å². The summed E-state index contributed by atoms with van der Waals surface area (Å²) >= 11 is 3.50. The Kier molecular flexibility index (Phi) is 6.70. The van der Waals surface area contributed by atoms with Gasteiger partial charge < -0.3 is 13.9 Å². The molecule has 5 nitrogen and oxygen atoms in total. The number of carbonyl (C=O) groups is 1. The van der Waals surface area contributed by atoms with Crippen molar-refractivity contribution in [2.45, 2.75) is 13.5 Å². The fraction of sp³-hybridized carbons (Fsp3) is 0.250. The lowest BCUT2D eigenvalue weighted by Crippen LogP contribution is -2.49. The van der Waals surface area contributed by atoms with Gasteiger partial charge in [-0.15, -0.1) is 0 Å². The van der Waals surface area contributed by atoms with Crippen LogP contribution in [0.4, 0.5) is 0 Å². The van der Waals surface area contributed by atoms with Crippen molar-refractivity contribution in [1.82, 2.24) is 14.4 Å². The van der Waals surface area contributed by atoms with Gasteiger partial charge in [-0.2, -0.15) is 0 Å². The molecule has 6 heteroatoms. The van der Waals surface area contributed by atoms with E-state index < -0.39 is 0 Å². The number of furan rings is 1. The standard InChI is InChI=1S/C28H28BrN3O2/c1-21-18-25-27(34-21)19-26(32(25)20-23-9-11-24(29)12-10-23)28(33)31-16-14-30(15-17-31)13-5-8-22-6-3-2-4-7-22/h2-12,18-19H,13-17,20H2,1H3/b8-5+. The van der Waals surface area contributed by atoms with Crippen LogP contribution in [0.1, 0.15) is 27.4 Å². The summed E-state index contributed by atoms with van der Waals surface area (Å²) in [5, 5.41) is 0. The molecule has 174 valence electrons. The van der Waals surface area contributed by atoms with Gasteiger partial charge in [0.2, 0.25) is 0 Å². The molecule has 5 rings (SSSR count). The van der Waals surface area contributed by atoms with E-state index in [0.29, 0.717) is 12.2 Å².